The van der Waals surface area contributed by atoms with Crippen molar-refractivity contribution in [2.24, 2.45) is 0 Å². The number of phenolic OH excluding ortho intramolecular Hbond substituents is 1. The molecule has 0 aliphatic rings. The summed E-state index contributed by atoms with van der Waals surface area (Å²) in [5.74, 6) is -0.632. The highest BCUT2D eigenvalue weighted by atomic mass is 19.4. The summed E-state index contributed by atoms with van der Waals surface area (Å²) < 4.78 is 37.9. The lowest BCUT2D eigenvalue weighted by atomic mass is 9.98. The molecule has 0 aliphatic heterocycles. The molecule has 0 spiro atoms. The van der Waals surface area contributed by atoms with E-state index in [0.717, 1.165) is 12.1 Å². The minimum atomic E-state index is -4.77. The Bertz CT molecular complexity index is 495. The summed E-state index contributed by atoms with van der Waals surface area (Å²) >= 11 is 0. The van der Waals surface area contributed by atoms with Crippen LogP contribution >= 0.6 is 0 Å². The molecular formula is C10H5F3N2O. The van der Waals surface area contributed by atoms with Gasteiger partial charge in [0.25, 0.3) is 0 Å². The van der Waals surface area contributed by atoms with Crippen molar-refractivity contribution in [2.45, 2.75) is 12.6 Å². The smallest absolute Gasteiger partial charge is 0.418 e. The van der Waals surface area contributed by atoms with Crippen LogP contribution in [0.1, 0.15) is 16.7 Å². The highest BCUT2D eigenvalue weighted by Gasteiger charge is 2.37. The van der Waals surface area contributed by atoms with Gasteiger partial charge in [-0.25, -0.2) is 0 Å². The van der Waals surface area contributed by atoms with Gasteiger partial charge in [0.05, 0.1) is 29.7 Å². The Hall–Kier alpha value is -2.21. The molecule has 0 saturated carbocycles. The molecular weight excluding hydrogens is 221 g/mol. The van der Waals surface area contributed by atoms with Gasteiger partial charge >= 0.3 is 6.18 Å². The normalized spacial score (nSPS) is 10.6. The van der Waals surface area contributed by atoms with Gasteiger partial charge in [0.15, 0.2) is 0 Å². The molecule has 3 nitrogen and oxygen atoms in total. The van der Waals surface area contributed by atoms with Crippen LogP contribution < -0.4 is 0 Å². The SMILES string of the molecule is N#CCc1c(O)ccc(C#N)c1C(F)(F)F. The summed E-state index contributed by atoms with van der Waals surface area (Å²) in [5.41, 5.74) is -2.40. The summed E-state index contributed by atoms with van der Waals surface area (Å²) in [6.07, 6.45) is -5.37. The third-order valence-corrected chi connectivity index (χ3v) is 1.95. The van der Waals surface area contributed by atoms with Crippen LogP contribution in [0.3, 0.4) is 0 Å². The van der Waals surface area contributed by atoms with Gasteiger partial charge in [-0.2, -0.15) is 23.7 Å². The Morgan fingerprint density at radius 2 is 1.88 bits per heavy atom. The van der Waals surface area contributed by atoms with E-state index in [-0.39, 0.29) is 0 Å². The zero-order chi connectivity index (χ0) is 12.3. The van der Waals surface area contributed by atoms with E-state index in [4.69, 9.17) is 10.5 Å². The second-order valence-electron chi connectivity index (χ2n) is 2.93. The zero-order valence-electron chi connectivity index (χ0n) is 7.84. The summed E-state index contributed by atoms with van der Waals surface area (Å²) in [4.78, 5) is 0. The van der Waals surface area contributed by atoms with Crippen molar-refractivity contribution >= 4 is 0 Å². The maximum Gasteiger partial charge on any atom is 0.418 e. The first-order valence-electron chi connectivity index (χ1n) is 4.11. The van der Waals surface area contributed by atoms with Crippen LogP contribution in [-0.2, 0) is 12.6 Å². The number of halogens is 3. The molecule has 82 valence electrons. The highest BCUT2D eigenvalue weighted by molar-refractivity contribution is 5.51. The van der Waals surface area contributed by atoms with Gasteiger partial charge in [0.2, 0.25) is 0 Å². The van der Waals surface area contributed by atoms with Crippen LogP contribution in [0.25, 0.3) is 0 Å². The fraction of sp³-hybridized carbons (Fsp3) is 0.200. The molecule has 16 heavy (non-hydrogen) atoms. The van der Waals surface area contributed by atoms with E-state index in [1.807, 2.05) is 0 Å². The molecule has 1 aromatic carbocycles. The summed E-state index contributed by atoms with van der Waals surface area (Å²) in [6.45, 7) is 0. The van der Waals surface area contributed by atoms with Crippen molar-refractivity contribution in [3.8, 4) is 17.9 Å². The van der Waals surface area contributed by atoms with Gasteiger partial charge in [0, 0.05) is 5.56 Å². The van der Waals surface area contributed by atoms with Crippen LogP contribution in [0.4, 0.5) is 13.2 Å². The van der Waals surface area contributed by atoms with Crippen LogP contribution in [0, 0.1) is 22.7 Å². The summed E-state index contributed by atoms with van der Waals surface area (Å²) in [5, 5.41) is 26.2. The van der Waals surface area contributed by atoms with Crippen molar-refractivity contribution in [3.05, 3.63) is 28.8 Å². The Morgan fingerprint density at radius 3 is 2.31 bits per heavy atom. The fourth-order valence-electron chi connectivity index (χ4n) is 1.31. The van der Waals surface area contributed by atoms with Crippen LogP contribution in [0.15, 0.2) is 12.1 Å². The Morgan fingerprint density at radius 1 is 1.25 bits per heavy atom. The predicted octanol–water partition coefficient (Wildman–Crippen LogP) is 2.35. The lowest BCUT2D eigenvalue weighted by Crippen LogP contribution is -2.12. The van der Waals surface area contributed by atoms with Gasteiger partial charge in [-0.05, 0) is 12.1 Å². The minimum Gasteiger partial charge on any atom is -0.508 e. The largest absolute Gasteiger partial charge is 0.508 e. The van der Waals surface area contributed by atoms with Gasteiger partial charge < -0.3 is 5.11 Å². The molecule has 1 aromatic rings. The molecule has 0 aromatic heterocycles. The average Bonchev–Trinajstić information content (AvgIpc) is 2.19. The van der Waals surface area contributed by atoms with E-state index in [1.54, 1.807) is 0 Å². The van der Waals surface area contributed by atoms with E-state index in [0.29, 0.717) is 0 Å². The molecule has 6 heteroatoms. The average molecular weight is 226 g/mol. The lowest BCUT2D eigenvalue weighted by molar-refractivity contribution is -0.138. The van der Waals surface area contributed by atoms with Crippen molar-refractivity contribution in [2.75, 3.05) is 0 Å². The molecule has 1 N–H and O–H groups in total. The first-order valence-corrected chi connectivity index (χ1v) is 4.11. The fourth-order valence-corrected chi connectivity index (χ4v) is 1.31. The van der Waals surface area contributed by atoms with Crippen molar-refractivity contribution in [1.82, 2.24) is 0 Å². The number of benzene rings is 1. The number of rotatable bonds is 1. The van der Waals surface area contributed by atoms with Crippen molar-refractivity contribution in [3.63, 3.8) is 0 Å². The number of aromatic hydroxyl groups is 1. The minimum absolute atomic E-state index is 0.561. The molecule has 0 saturated heterocycles. The second kappa shape index (κ2) is 4.11. The zero-order valence-corrected chi connectivity index (χ0v) is 7.84. The molecule has 0 heterocycles. The third kappa shape index (κ3) is 2.06. The van der Waals surface area contributed by atoms with Crippen LogP contribution in [-0.4, -0.2) is 5.11 Å². The molecule has 0 aliphatic carbocycles. The Kier molecular flexibility index (Phi) is 3.05. The molecule has 0 atom stereocenters. The number of phenols is 1. The van der Waals surface area contributed by atoms with E-state index in [2.05, 4.69) is 0 Å². The Labute approximate surface area is 89.0 Å². The van der Waals surface area contributed by atoms with Gasteiger partial charge in [-0.15, -0.1) is 0 Å². The van der Waals surface area contributed by atoms with E-state index < -0.39 is 35.0 Å². The van der Waals surface area contributed by atoms with Gasteiger partial charge in [-0.3, -0.25) is 0 Å². The summed E-state index contributed by atoms with van der Waals surface area (Å²) in [7, 11) is 0. The molecule has 0 bridgehead atoms. The maximum atomic E-state index is 12.6. The molecule has 0 radical (unpaired) electrons. The van der Waals surface area contributed by atoms with Gasteiger partial charge in [0.1, 0.15) is 5.75 Å². The number of nitriles is 2. The highest BCUT2D eigenvalue weighted by Crippen LogP contribution is 2.38. The van der Waals surface area contributed by atoms with Crippen molar-refractivity contribution < 1.29 is 18.3 Å². The second-order valence-corrected chi connectivity index (χ2v) is 2.93. The predicted molar refractivity (Wildman–Crippen MR) is 47.1 cm³/mol. The third-order valence-electron chi connectivity index (χ3n) is 1.95. The van der Waals surface area contributed by atoms with Crippen LogP contribution in [0.5, 0.6) is 5.75 Å². The molecule has 0 amide bonds. The lowest BCUT2D eigenvalue weighted by Gasteiger charge is -2.13. The number of alkyl halides is 3. The summed E-state index contributed by atoms with van der Waals surface area (Å²) in [6, 6.07) is 4.75. The van der Waals surface area contributed by atoms with E-state index in [1.165, 1.54) is 12.1 Å². The standard InChI is InChI=1S/C10H5F3N2O/c11-10(12,13)9-6(5-15)1-2-8(16)7(9)3-4-14/h1-2,16H,3H2. The van der Waals surface area contributed by atoms with E-state index >= 15 is 0 Å². The first kappa shape index (κ1) is 11.9. The molecule has 1 rings (SSSR count). The van der Waals surface area contributed by atoms with Gasteiger partial charge in [-0.1, -0.05) is 0 Å². The maximum absolute atomic E-state index is 12.6. The molecule has 0 unspecified atom stereocenters. The monoisotopic (exact) mass is 226 g/mol. The Balaban J connectivity index is 3.58. The quantitative estimate of drug-likeness (QED) is 0.799. The van der Waals surface area contributed by atoms with Crippen LogP contribution in [0.2, 0.25) is 0 Å². The van der Waals surface area contributed by atoms with Crippen molar-refractivity contribution in [1.29, 1.82) is 10.5 Å². The number of hydrogen-bond acceptors (Lipinski definition) is 3. The van der Waals surface area contributed by atoms with E-state index in [9.17, 15) is 18.3 Å². The first-order chi connectivity index (χ1) is 7.41. The number of nitrogens with zero attached hydrogens (tertiary/aromatic N) is 2. The topological polar surface area (TPSA) is 67.8 Å². The molecule has 0 fully saturated rings. The number of hydrogen-bond donors (Lipinski definition) is 1.